The van der Waals surface area contributed by atoms with E-state index in [1.165, 1.54) is 29.3 Å². The van der Waals surface area contributed by atoms with Crippen molar-refractivity contribution in [3.63, 3.8) is 0 Å². The SMILES string of the molecule is N#Cc1ccc(N(CCCOCCCCn2nc(Cc3ccc(F)c(C(=O)N4CCN(C(=O)C5CC5)CC4)c3)c3ccccc3c2=O)CC2CC2)c2ccccc12. The normalized spacial score (nSPS) is 15.6. The summed E-state index contributed by atoms with van der Waals surface area (Å²) in [5.74, 6) is 0.0488. The fourth-order valence-corrected chi connectivity index (χ4v) is 8.02. The molecule has 8 rings (SSSR count). The number of unbranched alkanes of at least 4 members (excludes halogenated alkanes) is 1. The van der Waals surface area contributed by atoms with Gasteiger partial charge in [-0.2, -0.15) is 10.4 Å². The number of aryl methyl sites for hydroxylation is 1. The molecule has 294 valence electrons. The van der Waals surface area contributed by atoms with Gasteiger partial charge in [0.1, 0.15) is 5.82 Å². The Morgan fingerprint density at radius 1 is 0.825 bits per heavy atom. The highest BCUT2D eigenvalue weighted by molar-refractivity contribution is 5.98. The van der Waals surface area contributed by atoms with Crippen LogP contribution in [0, 0.1) is 29.0 Å². The number of nitrogens with zero attached hydrogens (tertiary/aromatic N) is 6. The van der Waals surface area contributed by atoms with Gasteiger partial charge in [0, 0.05) is 93.2 Å². The molecule has 1 saturated heterocycles. The quantitative estimate of drug-likeness (QED) is 0.100. The molecule has 3 fully saturated rings. The molecular formula is C46H49FN6O4. The number of anilines is 1. The van der Waals surface area contributed by atoms with Gasteiger partial charge in [-0.1, -0.05) is 48.5 Å². The van der Waals surface area contributed by atoms with Gasteiger partial charge in [0.05, 0.1) is 28.3 Å². The van der Waals surface area contributed by atoms with Crippen LogP contribution in [0.5, 0.6) is 0 Å². The van der Waals surface area contributed by atoms with Crippen molar-refractivity contribution in [3.05, 3.63) is 117 Å². The molecule has 0 atom stereocenters. The van der Waals surface area contributed by atoms with Gasteiger partial charge in [0.2, 0.25) is 5.91 Å². The van der Waals surface area contributed by atoms with Gasteiger partial charge in [-0.05, 0) is 86.8 Å². The molecule has 2 heterocycles. The van der Waals surface area contributed by atoms with Crippen molar-refractivity contribution >= 4 is 39.0 Å². The van der Waals surface area contributed by atoms with E-state index in [-0.39, 0.29) is 28.9 Å². The third-order valence-corrected chi connectivity index (χ3v) is 11.5. The van der Waals surface area contributed by atoms with Crippen LogP contribution in [0.1, 0.15) is 72.1 Å². The smallest absolute Gasteiger partial charge is 0.274 e. The minimum absolute atomic E-state index is 0.00506. The number of ether oxygens (including phenoxy) is 1. The van der Waals surface area contributed by atoms with E-state index >= 15 is 4.39 Å². The molecule has 4 aromatic carbocycles. The average molecular weight is 769 g/mol. The lowest BCUT2D eigenvalue weighted by atomic mass is 10.0. The summed E-state index contributed by atoms with van der Waals surface area (Å²) in [7, 11) is 0. The fourth-order valence-electron chi connectivity index (χ4n) is 8.02. The molecule has 0 N–H and O–H groups in total. The molecule has 11 heteroatoms. The van der Waals surface area contributed by atoms with Crippen molar-refractivity contribution in [1.29, 1.82) is 5.26 Å². The van der Waals surface area contributed by atoms with Crippen LogP contribution in [0.2, 0.25) is 0 Å². The van der Waals surface area contributed by atoms with Crippen molar-refractivity contribution in [2.24, 2.45) is 11.8 Å². The number of fused-ring (bicyclic) bond motifs is 2. The lowest BCUT2D eigenvalue weighted by Crippen LogP contribution is -2.51. The first-order chi connectivity index (χ1) is 27.9. The molecule has 2 amide bonds. The molecule has 57 heavy (non-hydrogen) atoms. The highest BCUT2D eigenvalue weighted by Crippen LogP contribution is 2.35. The Bertz CT molecular complexity index is 2370. The van der Waals surface area contributed by atoms with Crippen molar-refractivity contribution in [2.75, 3.05) is 57.4 Å². The number of carbonyl (C=O) groups is 2. The van der Waals surface area contributed by atoms with Crippen LogP contribution in [0.4, 0.5) is 10.1 Å². The predicted octanol–water partition coefficient (Wildman–Crippen LogP) is 6.95. The van der Waals surface area contributed by atoms with E-state index in [2.05, 4.69) is 23.1 Å². The third kappa shape index (κ3) is 8.87. The molecule has 0 bridgehead atoms. The van der Waals surface area contributed by atoms with Crippen molar-refractivity contribution in [1.82, 2.24) is 19.6 Å². The Labute approximate surface area is 332 Å². The second-order valence-electron chi connectivity index (χ2n) is 15.8. The minimum Gasteiger partial charge on any atom is -0.381 e. The molecule has 2 saturated carbocycles. The average Bonchev–Trinajstić information content (AvgIpc) is 4.19. The highest BCUT2D eigenvalue weighted by Gasteiger charge is 2.35. The second-order valence-corrected chi connectivity index (χ2v) is 15.8. The van der Waals surface area contributed by atoms with Gasteiger partial charge in [0.25, 0.3) is 11.5 Å². The summed E-state index contributed by atoms with van der Waals surface area (Å²) in [6, 6.07) is 26.5. The Balaban J connectivity index is 0.857. The predicted molar refractivity (Wildman–Crippen MR) is 219 cm³/mol. The Morgan fingerprint density at radius 2 is 1.53 bits per heavy atom. The number of halogens is 1. The maximum absolute atomic E-state index is 15.1. The number of carbonyl (C=O) groups excluding carboxylic acids is 2. The first-order valence-electron chi connectivity index (χ1n) is 20.5. The summed E-state index contributed by atoms with van der Waals surface area (Å²) >= 11 is 0. The summed E-state index contributed by atoms with van der Waals surface area (Å²) in [4.78, 5) is 45.4. The maximum Gasteiger partial charge on any atom is 0.274 e. The van der Waals surface area contributed by atoms with Crippen LogP contribution in [-0.2, 0) is 22.5 Å². The molecule has 0 radical (unpaired) electrons. The summed E-state index contributed by atoms with van der Waals surface area (Å²) in [5.41, 5.74) is 3.12. The number of hydrogen-bond donors (Lipinski definition) is 0. The lowest BCUT2D eigenvalue weighted by molar-refractivity contribution is -0.134. The van der Waals surface area contributed by atoms with E-state index in [0.717, 1.165) is 60.5 Å². The van der Waals surface area contributed by atoms with Crippen LogP contribution < -0.4 is 10.5 Å². The molecule has 5 aromatic rings. The Hall–Kier alpha value is -5.60. The molecule has 3 aliphatic rings. The number of rotatable bonds is 16. The van der Waals surface area contributed by atoms with Crippen LogP contribution in [0.15, 0.2) is 83.7 Å². The number of amides is 2. The zero-order valence-corrected chi connectivity index (χ0v) is 32.4. The van der Waals surface area contributed by atoms with E-state index in [1.54, 1.807) is 17.0 Å². The standard InChI is InChI=1S/C46H49FN6O4/c47-41-18-14-33(28-40(41)45(55)51-24-22-50(23-25-51)44(54)34-15-16-34)29-42-37-9-2-4-11-39(37)46(56)53(49-42)21-5-6-26-57-27-7-20-52(31-32-12-13-32)43-19-17-35(30-48)36-8-1-3-10-38(36)43/h1-4,8-11,14,17-19,28,32,34H,5-7,12-13,15-16,20-27,29,31H2. The Kier molecular flexibility index (Phi) is 11.6. The van der Waals surface area contributed by atoms with Gasteiger partial charge >= 0.3 is 0 Å². The van der Waals surface area contributed by atoms with Crippen LogP contribution in [0.25, 0.3) is 21.5 Å². The zero-order valence-electron chi connectivity index (χ0n) is 32.4. The highest BCUT2D eigenvalue weighted by atomic mass is 19.1. The van der Waals surface area contributed by atoms with Crippen molar-refractivity contribution in [2.45, 2.75) is 57.9 Å². The van der Waals surface area contributed by atoms with Gasteiger partial charge in [-0.3, -0.25) is 14.4 Å². The minimum atomic E-state index is -0.583. The zero-order chi connectivity index (χ0) is 39.3. The second kappa shape index (κ2) is 17.3. The van der Waals surface area contributed by atoms with Gasteiger partial charge in [-0.25, -0.2) is 9.07 Å². The molecule has 0 spiro atoms. The molecular weight excluding hydrogens is 720 g/mol. The molecule has 2 aliphatic carbocycles. The maximum atomic E-state index is 15.1. The fraction of sp³-hybridized carbons (Fsp3) is 0.413. The first kappa shape index (κ1) is 38.3. The third-order valence-electron chi connectivity index (χ3n) is 11.5. The largest absolute Gasteiger partial charge is 0.381 e. The van der Waals surface area contributed by atoms with E-state index in [4.69, 9.17) is 9.84 Å². The number of nitriles is 1. The number of benzene rings is 4. The van der Waals surface area contributed by atoms with Gasteiger partial charge < -0.3 is 19.4 Å². The monoisotopic (exact) mass is 768 g/mol. The molecule has 10 nitrogen and oxygen atoms in total. The number of piperazine rings is 1. The van der Waals surface area contributed by atoms with Crippen molar-refractivity contribution in [3.8, 4) is 6.07 Å². The van der Waals surface area contributed by atoms with Crippen LogP contribution in [0.3, 0.4) is 0 Å². The van der Waals surface area contributed by atoms with Crippen molar-refractivity contribution < 1.29 is 18.7 Å². The molecule has 1 aliphatic heterocycles. The molecule has 0 unspecified atom stereocenters. The first-order valence-corrected chi connectivity index (χ1v) is 20.5. The summed E-state index contributed by atoms with van der Waals surface area (Å²) in [6.45, 7) is 5.20. The van der Waals surface area contributed by atoms with Crippen LogP contribution >= 0.6 is 0 Å². The van der Waals surface area contributed by atoms with Gasteiger partial charge in [-0.15, -0.1) is 0 Å². The summed E-state index contributed by atoms with van der Waals surface area (Å²) in [6.07, 6.45) is 7.09. The van der Waals surface area contributed by atoms with Gasteiger partial charge in [0.15, 0.2) is 0 Å². The van der Waals surface area contributed by atoms with E-state index in [1.807, 2.05) is 53.4 Å². The topological polar surface area (TPSA) is 112 Å². The number of aromatic nitrogens is 2. The van der Waals surface area contributed by atoms with E-state index in [0.29, 0.717) is 81.3 Å². The lowest BCUT2D eigenvalue weighted by Gasteiger charge is -2.35. The van der Waals surface area contributed by atoms with E-state index < -0.39 is 5.82 Å². The molecule has 1 aromatic heterocycles. The summed E-state index contributed by atoms with van der Waals surface area (Å²) in [5, 5.41) is 17.8. The summed E-state index contributed by atoms with van der Waals surface area (Å²) < 4.78 is 22.7. The van der Waals surface area contributed by atoms with E-state index in [9.17, 15) is 19.6 Å². The number of hydrogen-bond acceptors (Lipinski definition) is 7. The Morgan fingerprint density at radius 3 is 2.26 bits per heavy atom. The van der Waals surface area contributed by atoms with Crippen LogP contribution in [-0.4, -0.2) is 83.9 Å².